The molecule has 1 N–H and O–H groups in total. The third-order valence-electron chi connectivity index (χ3n) is 3.96. The Morgan fingerprint density at radius 1 is 1.38 bits per heavy atom. The van der Waals surface area contributed by atoms with Gasteiger partial charge in [0.15, 0.2) is 5.82 Å². The lowest BCUT2D eigenvalue weighted by atomic mass is 10.2. The predicted octanol–water partition coefficient (Wildman–Crippen LogP) is 0.557. The van der Waals surface area contributed by atoms with E-state index >= 15 is 0 Å². The third-order valence-corrected chi connectivity index (χ3v) is 3.96. The van der Waals surface area contributed by atoms with Gasteiger partial charge in [-0.1, -0.05) is 13.8 Å². The first kappa shape index (κ1) is 16.0. The highest BCUT2D eigenvalue weighted by atomic mass is 16.1. The zero-order valence-corrected chi connectivity index (χ0v) is 13.5. The maximum atomic E-state index is 12.3. The molecular weight excluding hydrogens is 266 g/mol. The topological polar surface area (TPSA) is 53.4 Å². The minimum Gasteiger partial charge on any atom is -0.364 e. The number of hydrogen-bond acceptors (Lipinski definition) is 5. The van der Waals surface area contributed by atoms with Crippen LogP contribution in [-0.4, -0.2) is 65.7 Å². The van der Waals surface area contributed by atoms with Crippen LogP contribution in [-0.2, 0) is 6.54 Å². The number of nitrogens with one attached hydrogen (secondary N) is 1. The Kier molecular flexibility index (Phi) is 5.36. The molecule has 0 bridgehead atoms. The molecule has 1 aromatic rings. The summed E-state index contributed by atoms with van der Waals surface area (Å²) in [5.74, 6) is 0.899. The Hall–Kier alpha value is -1.40. The average Bonchev–Trinajstić information content (AvgIpc) is 2.43. The Morgan fingerprint density at radius 2 is 2.14 bits per heavy atom. The van der Waals surface area contributed by atoms with Crippen LogP contribution in [0.3, 0.4) is 0 Å². The van der Waals surface area contributed by atoms with E-state index in [1.54, 1.807) is 17.0 Å². The summed E-state index contributed by atoms with van der Waals surface area (Å²) in [6, 6.07) is 0.406. The van der Waals surface area contributed by atoms with E-state index in [0.717, 1.165) is 32.7 Å². The van der Waals surface area contributed by atoms with Crippen molar-refractivity contribution in [2.45, 2.75) is 26.4 Å². The molecule has 6 heteroatoms. The number of piperazine rings is 1. The van der Waals surface area contributed by atoms with E-state index in [2.05, 4.69) is 48.0 Å². The molecule has 2 heterocycles. The maximum absolute atomic E-state index is 12.3. The summed E-state index contributed by atoms with van der Waals surface area (Å²) in [6.07, 6.45) is 3.46. The Morgan fingerprint density at radius 3 is 2.86 bits per heavy atom. The van der Waals surface area contributed by atoms with Crippen LogP contribution in [0, 0.1) is 5.92 Å². The summed E-state index contributed by atoms with van der Waals surface area (Å²) in [7, 11) is 4.27. The van der Waals surface area contributed by atoms with Gasteiger partial charge in [-0.25, -0.2) is 4.98 Å². The molecule has 0 aromatic carbocycles. The number of aromatic nitrogens is 2. The van der Waals surface area contributed by atoms with Crippen molar-refractivity contribution in [3.8, 4) is 0 Å². The van der Waals surface area contributed by atoms with E-state index in [1.165, 1.54) is 0 Å². The van der Waals surface area contributed by atoms with Gasteiger partial charge in [-0.2, -0.15) is 0 Å². The van der Waals surface area contributed by atoms with Crippen LogP contribution in [0.4, 0.5) is 5.82 Å². The molecule has 1 aromatic heterocycles. The average molecular weight is 293 g/mol. The van der Waals surface area contributed by atoms with E-state index in [9.17, 15) is 4.79 Å². The summed E-state index contributed by atoms with van der Waals surface area (Å²) in [5.41, 5.74) is -0.0296. The van der Waals surface area contributed by atoms with Gasteiger partial charge in [0.05, 0.1) is 0 Å². The first-order chi connectivity index (χ1) is 9.97. The fourth-order valence-corrected chi connectivity index (χ4v) is 2.64. The molecular formula is C15H27N5O. The number of likely N-dealkylation sites (N-methyl/N-ethyl adjacent to an activating group) is 2. The molecule has 0 radical (unpaired) electrons. The molecule has 1 aliphatic heterocycles. The van der Waals surface area contributed by atoms with Gasteiger partial charge in [0, 0.05) is 51.2 Å². The smallest absolute Gasteiger partial charge is 0.293 e. The maximum Gasteiger partial charge on any atom is 0.293 e. The summed E-state index contributed by atoms with van der Waals surface area (Å²) < 4.78 is 1.73. The van der Waals surface area contributed by atoms with Crippen molar-refractivity contribution in [1.29, 1.82) is 0 Å². The summed E-state index contributed by atoms with van der Waals surface area (Å²) in [4.78, 5) is 21.2. The van der Waals surface area contributed by atoms with Crippen LogP contribution in [0.1, 0.15) is 13.8 Å². The molecule has 0 amide bonds. The number of nitrogens with zero attached hydrogens (tertiary/aromatic N) is 4. The number of hydrogen-bond donors (Lipinski definition) is 1. The van der Waals surface area contributed by atoms with Gasteiger partial charge in [-0.05, 0) is 20.0 Å². The van der Waals surface area contributed by atoms with Crippen LogP contribution in [0.2, 0.25) is 0 Å². The van der Waals surface area contributed by atoms with Gasteiger partial charge in [0.2, 0.25) is 0 Å². The molecule has 1 aliphatic rings. The van der Waals surface area contributed by atoms with Crippen molar-refractivity contribution in [3.63, 3.8) is 0 Å². The molecule has 1 atom stereocenters. The Bertz CT molecular complexity index is 513. The van der Waals surface area contributed by atoms with Gasteiger partial charge >= 0.3 is 0 Å². The minimum absolute atomic E-state index is 0.0296. The molecule has 118 valence electrons. The lowest BCUT2D eigenvalue weighted by molar-refractivity contribution is 0.122. The molecule has 0 aliphatic carbocycles. The van der Waals surface area contributed by atoms with Gasteiger partial charge in [-0.15, -0.1) is 0 Å². The lowest BCUT2D eigenvalue weighted by Gasteiger charge is -2.37. The first-order valence-corrected chi connectivity index (χ1v) is 7.65. The SMILES string of the molecule is CC(C)Cn1ccnc(NCC2CN(C)CCN2C)c1=O. The molecule has 6 nitrogen and oxygen atoms in total. The standard InChI is InChI=1S/C15H27N5O/c1-12(2)10-20-6-5-16-14(15(20)21)17-9-13-11-18(3)7-8-19(13)4/h5-6,12-13H,7-11H2,1-4H3,(H,16,17). The molecule has 0 saturated carbocycles. The van der Waals surface area contributed by atoms with Crippen molar-refractivity contribution >= 4 is 5.82 Å². The summed E-state index contributed by atoms with van der Waals surface area (Å²) in [5, 5.41) is 3.23. The summed E-state index contributed by atoms with van der Waals surface area (Å²) >= 11 is 0. The van der Waals surface area contributed by atoms with Crippen LogP contribution in [0.15, 0.2) is 17.2 Å². The monoisotopic (exact) mass is 293 g/mol. The van der Waals surface area contributed by atoms with Crippen LogP contribution < -0.4 is 10.9 Å². The highest BCUT2D eigenvalue weighted by Crippen LogP contribution is 2.06. The van der Waals surface area contributed by atoms with Gasteiger partial charge in [0.25, 0.3) is 5.56 Å². The van der Waals surface area contributed by atoms with Crippen molar-refractivity contribution in [1.82, 2.24) is 19.4 Å². The van der Waals surface area contributed by atoms with Crippen molar-refractivity contribution in [3.05, 3.63) is 22.7 Å². The Balaban J connectivity index is 2.01. The van der Waals surface area contributed by atoms with Crippen LogP contribution >= 0.6 is 0 Å². The summed E-state index contributed by atoms with van der Waals surface area (Å²) in [6.45, 7) is 8.84. The van der Waals surface area contributed by atoms with Crippen LogP contribution in [0.5, 0.6) is 0 Å². The second kappa shape index (κ2) is 7.04. The largest absolute Gasteiger partial charge is 0.364 e. The normalized spacial score (nSPS) is 20.9. The van der Waals surface area contributed by atoms with Gasteiger partial charge in [-0.3, -0.25) is 9.69 Å². The zero-order valence-electron chi connectivity index (χ0n) is 13.5. The van der Waals surface area contributed by atoms with E-state index in [1.807, 2.05) is 0 Å². The van der Waals surface area contributed by atoms with E-state index < -0.39 is 0 Å². The predicted molar refractivity (Wildman–Crippen MR) is 85.7 cm³/mol. The van der Waals surface area contributed by atoms with Gasteiger partial charge < -0.3 is 14.8 Å². The lowest BCUT2D eigenvalue weighted by Crippen LogP contribution is -2.52. The second-order valence-electron chi connectivity index (χ2n) is 6.40. The molecule has 1 unspecified atom stereocenters. The number of anilines is 1. The molecule has 21 heavy (non-hydrogen) atoms. The highest BCUT2D eigenvalue weighted by molar-refractivity contribution is 5.31. The first-order valence-electron chi connectivity index (χ1n) is 7.65. The van der Waals surface area contributed by atoms with Crippen LogP contribution in [0.25, 0.3) is 0 Å². The van der Waals surface area contributed by atoms with E-state index in [-0.39, 0.29) is 5.56 Å². The minimum atomic E-state index is -0.0296. The number of rotatable bonds is 5. The molecule has 1 saturated heterocycles. The van der Waals surface area contributed by atoms with E-state index in [4.69, 9.17) is 0 Å². The van der Waals surface area contributed by atoms with Crippen molar-refractivity contribution in [2.75, 3.05) is 45.6 Å². The van der Waals surface area contributed by atoms with Gasteiger partial charge in [0.1, 0.15) is 0 Å². The second-order valence-corrected chi connectivity index (χ2v) is 6.40. The van der Waals surface area contributed by atoms with Crippen molar-refractivity contribution < 1.29 is 0 Å². The Labute approximate surface area is 126 Å². The zero-order chi connectivity index (χ0) is 15.4. The fourth-order valence-electron chi connectivity index (χ4n) is 2.64. The molecule has 2 rings (SSSR count). The fraction of sp³-hybridized carbons (Fsp3) is 0.733. The molecule has 1 fully saturated rings. The van der Waals surface area contributed by atoms with E-state index in [0.29, 0.717) is 17.8 Å². The molecule has 0 spiro atoms. The van der Waals surface area contributed by atoms with Crippen molar-refractivity contribution in [2.24, 2.45) is 5.92 Å². The quantitative estimate of drug-likeness (QED) is 0.859. The highest BCUT2D eigenvalue weighted by Gasteiger charge is 2.22. The third kappa shape index (κ3) is 4.28.